The van der Waals surface area contributed by atoms with Crippen molar-refractivity contribution in [1.82, 2.24) is 31.9 Å². The van der Waals surface area contributed by atoms with Crippen LogP contribution in [0.15, 0.2) is 0 Å². The van der Waals surface area contributed by atoms with Crippen LogP contribution < -0.4 is 43.4 Å². The Labute approximate surface area is 247 Å². The van der Waals surface area contributed by atoms with E-state index in [0.29, 0.717) is 0 Å². The topological polar surface area (TPSA) is 328 Å². The van der Waals surface area contributed by atoms with Crippen molar-refractivity contribution in [3.05, 3.63) is 0 Å². The molecule has 19 nitrogen and oxygen atoms in total. The number of hydrogen-bond donors (Lipinski definition) is 12. The van der Waals surface area contributed by atoms with E-state index in [1.54, 1.807) is 13.8 Å². The summed E-state index contributed by atoms with van der Waals surface area (Å²) in [6, 6.07) is -7.18. The van der Waals surface area contributed by atoms with Gasteiger partial charge in [0.25, 0.3) is 0 Å². The highest BCUT2D eigenvalue weighted by molar-refractivity contribution is 5.97. The van der Waals surface area contributed by atoms with Gasteiger partial charge in [0.2, 0.25) is 29.5 Å². The summed E-state index contributed by atoms with van der Waals surface area (Å²) in [5.74, 6) is -8.30. The van der Waals surface area contributed by atoms with E-state index >= 15 is 0 Å². The molecule has 0 unspecified atom stereocenters. The van der Waals surface area contributed by atoms with Gasteiger partial charge in [0.05, 0.1) is 19.1 Å². The molecular weight excluding hydrogens is 574 g/mol. The normalized spacial score (nSPS) is 15.0. The molecule has 5 amide bonds. The standard InChI is InChI=1S/C24H43N9O10/c1-10(2)17(22(41)33-18(12(4)34)23(42)43)32-19(38)11(3)29-21(40)14(8-16(36)37)31-20(39)13(30-15(35)9-25)6-5-7-28-24(26)27/h10-14,17-18,34H,5-9,25H2,1-4H3,(H,29,40)(H,30,35)(H,31,39)(H,32,38)(H,33,41)(H,36,37)(H,42,43)(H4,26,27,28)/t11-,12+,13-,14-,17-,18-/m0/s1. The molecule has 19 heteroatoms. The number of hydrogen-bond acceptors (Lipinski definition) is 10. The molecule has 0 aliphatic heterocycles. The number of carbonyl (C=O) groups excluding carboxylic acids is 5. The first-order valence-electron chi connectivity index (χ1n) is 13.3. The van der Waals surface area contributed by atoms with Crippen LogP contribution in [0, 0.1) is 11.3 Å². The molecule has 0 fully saturated rings. The molecule has 0 rings (SSSR count). The summed E-state index contributed by atoms with van der Waals surface area (Å²) in [5.41, 5.74) is 10.5. The lowest BCUT2D eigenvalue weighted by Crippen LogP contribution is -2.60. The second-order valence-electron chi connectivity index (χ2n) is 9.99. The first kappa shape index (κ1) is 38.5. The summed E-state index contributed by atoms with van der Waals surface area (Å²) in [7, 11) is 0. The van der Waals surface area contributed by atoms with Crippen molar-refractivity contribution in [2.75, 3.05) is 13.1 Å². The summed E-state index contributed by atoms with van der Waals surface area (Å²) in [5, 5.41) is 49.1. The number of carboxylic acids is 2. The van der Waals surface area contributed by atoms with E-state index in [1.165, 1.54) is 6.92 Å². The maximum atomic E-state index is 12.9. The van der Waals surface area contributed by atoms with E-state index in [2.05, 4.69) is 31.9 Å². The second-order valence-corrected chi connectivity index (χ2v) is 9.99. The molecule has 6 atom stereocenters. The number of carboxylic acid groups (broad SMARTS) is 2. The van der Waals surface area contributed by atoms with Crippen LogP contribution in [-0.4, -0.2) is 112 Å². The third-order valence-corrected chi connectivity index (χ3v) is 5.88. The Balaban J connectivity index is 5.59. The van der Waals surface area contributed by atoms with Crippen molar-refractivity contribution in [3.63, 3.8) is 0 Å². The maximum absolute atomic E-state index is 12.9. The molecule has 0 aromatic rings. The SMILES string of the molecule is CC(C)[C@H](NC(=O)[C@H](C)NC(=O)[C@H](CC(=O)O)NC(=O)[C@H](CCCNC(=N)N)NC(=O)CN)C(=O)N[C@H](C(=O)O)[C@@H](C)O. The Hall–Kier alpha value is -4.52. The molecule has 14 N–H and O–H groups in total. The molecule has 0 radical (unpaired) electrons. The van der Waals surface area contributed by atoms with Gasteiger partial charge in [0, 0.05) is 6.54 Å². The van der Waals surface area contributed by atoms with Gasteiger partial charge in [-0.1, -0.05) is 13.8 Å². The van der Waals surface area contributed by atoms with Crippen LogP contribution in [0.1, 0.15) is 47.0 Å². The molecular formula is C24H43N9O10. The van der Waals surface area contributed by atoms with Gasteiger partial charge in [-0.15, -0.1) is 0 Å². The van der Waals surface area contributed by atoms with Crippen molar-refractivity contribution in [1.29, 1.82) is 5.41 Å². The van der Waals surface area contributed by atoms with Gasteiger partial charge >= 0.3 is 11.9 Å². The van der Waals surface area contributed by atoms with Crippen LogP contribution in [0.3, 0.4) is 0 Å². The lowest BCUT2D eigenvalue weighted by molar-refractivity contribution is -0.145. The van der Waals surface area contributed by atoms with Crippen LogP contribution in [-0.2, 0) is 33.6 Å². The molecule has 244 valence electrons. The quantitative estimate of drug-likeness (QED) is 0.0368. The second kappa shape index (κ2) is 18.8. The predicted octanol–water partition coefficient (Wildman–Crippen LogP) is -4.75. The minimum Gasteiger partial charge on any atom is -0.481 e. The number of guanidine groups is 1. The van der Waals surface area contributed by atoms with Crippen LogP contribution in [0.5, 0.6) is 0 Å². The minimum absolute atomic E-state index is 0.00845. The molecule has 0 heterocycles. The number of nitrogens with one attached hydrogen (secondary N) is 7. The fourth-order valence-electron chi connectivity index (χ4n) is 3.53. The van der Waals surface area contributed by atoms with Gasteiger partial charge in [-0.2, -0.15) is 0 Å². The minimum atomic E-state index is -1.68. The molecule has 0 aliphatic rings. The van der Waals surface area contributed by atoms with E-state index in [9.17, 15) is 48.9 Å². The molecule has 0 saturated heterocycles. The number of carbonyl (C=O) groups is 7. The molecule has 43 heavy (non-hydrogen) atoms. The lowest BCUT2D eigenvalue weighted by atomic mass is 10.0. The van der Waals surface area contributed by atoms with Gasteiger partial charge in [-0.25, -0.2) is 4.79 Å². The average Bonchev–Trinajstić information content (AvgIpc) is 2.89. The summed E-state index contributed by atoms with van der Waals surface area (Å²) in [6.45, 7) is 5.22. The third kappa shape index (κ3) is 14.8. The molecule has 0 spiro atoms. The first-order chi connectivity index (χ1) is 19.9. The van der Waals surface area contributed by atoms with E-state index in [-0.39, 0.29) is 25.3 Å². The highest BCUT2D eigenvalue weighted by Crippen LogP contribution is 2.06. The average molecular weight is 618 g/mol. The summed E-state index contributed by atoms with van der Waals surface area (Å²) >= 11 is 0. The number of amides is 5. The van der Waals surface area contributed by atoms with Crippen molar-refractivity contribution in [3.8, 4) is 0 Å². The number of rotatable bonds is 19. The zero-order valence-electron chi connectivity index (χ0n) is 24.4. The maximum Gasteiger partial charge on any atom is 0.328 e. The first-order valence-corrected chi connectivity index (χ1v) is 13.3. The van der Waals surface area contributed by atoms with E-state index in [0.717, 1.165) is 6.92 Å². The summed E-state index contributed by atoms with van der Waals surface area (Å²) in [4.78, 5) is 85.9. The number of aliphatic hydroxyl groups is 1. The smallest absolute Gasteiger partial charge is 0.328 e. The third-order valence-electron chi connectivity index (χ3n) is 5.88. The van der Waals surface area contributed by atoms with Crippen LogP contribution in [0.25, 0.3) is 0 Å². The Morgan fingerprint density at radius 1 is 0.767 bits per heavy atom. The van der Waals surface area contributed by atoms with Crippen molar-refractivity contribution < 1.29 is 48.9 Å². The number of nitrogens with two attached hydrogens (primary N) is 2. The van der Waals surface area contributed by atoms with Crippen LogP contribution in [0.2, 0.25) is 0 Å². The monoisotopic (exact) mass is 617 g/mol. The predicted molar refractivity (Wildman–Crippen MR) is 150 cm³/mol. The van der Waals surface area contributed by atoms with Gasteiger partial charge < -0.3 is 58.7 Å². The zero-order chi connectivity index (χ0) is 33.4. The Bertz CT molecular complexity index is 1040. The largest absolute Gasteiger partial charge is 0.481 e. The molecule has 0 bridgehead atoms. The number of aliphatic carboxylic acids is 2. The molecule has 0 aliphatic carbocycles. The molecule has 0 aromatic heterocycles. The zero-order valence-corrected chi connectivity index (χ0v) is 24.4. The van der Waals surface area contributed by atoms with E-state index in [1.807, 2.05) is 0 Å². The Morgan fingerprint density at radius 3 is 1.79 bits per heavy atom. The van der Waals surface area contributed by atoms with Gasteiger partial charge in [-0.05, 0) is 32.6 Å². The van der Waals surface area contributed by atoms with Crippen molar-refractivity contribution in [2.45, 2.75) is 83.3 Å². The molecule has 0 saturated carbocycles. The van der Waals surface area contributed by atoms with Gasteiger partial charge in [-0.3, -0.25) is 34.2 Å². The summed E-state index contributed by atoms with van der Waals surface area (Å²) in [6.07, 6.45) is -2.08. The highest BCUT2D eigenvalue weighted by atomic mass is 16.4. The van der Waals surface area contributed by atoms with Crippen LogP contribution in [0.4, 0.5) is 0 Å². The Morgan fingerprint density at radius 2 is 1.33 bits per heavy atom. The van der Waals surface area contributed by atoms with Crippen molar-refractivity contribution in [2.24, 2.45) is 17.4 Å². The number of aliphatic hydroxyl groups excluding tert-OH is 1. The van der Waals surface area contributed by atoms with E-state index < -0.39 is 96.7 Å². The fraction of sp³-hybridized carbons (Fsp3) is 0.667. The van der Waals surface area contributed by atoms with Crippen molar-refractivity contribution >= 4 is 47.4 Å². The van der Waals surface area contributed by atoms with E-state index in [4.69, 9.17) is 16.9 Å². The van der Waals surface area contributed by atoms with Gasteiger partial charge in [0.15, 0.2) is 12.0 Å². The fourth-order valence-corrected chi connectivity index (χ4v) is 3.53. The Kier molecular flexibility index (Phi) is 16.8. The highest BCUT2D eigenvalue weighted by Gasteiger charge is 2.33. The van der Waals surface area contributed by atoms with Gasteiger partial charge in [0.1, 0.15) is 24.2 Å². The van der Waals surface area contributed by atoms with Crippen LogP contribution >= 0.6 is 0 Å². The molecule has 0 aromatic carbocycles. The summed E-state index contributed by atoms with van der Waals surface area (Å²) < 4.78 is 0. The lowest BCUT2D eigenvalue weighted by Gasteiger charge is -2.27.